The maximum atomic E-state index is 12.2. The summed E-state index contributed by atoms with van der Waals surface area (Å²) in [6, 6.07) is 17.5. The lowest BCUT2D eigenvalue weighted by Crippen LogP contribution is -2.37. The van der Waals surface area contributed by atoms with Gasteiger partial charge in [0, 0.05) is 10.6 Å². The van der Waals surface area contributed by atoms with Crippen LogP contribution in [0, 0.1) is 0 Å². The van der Waals surface area contributed by atoms with Gasteiger partial charge in [0.1, 0.15) is 23.7 Å². The predicted octanol–water partition coefficient (Wildman–Crippen LogP) is 5.14. The summed E-state index contributed by atoms with van der Waals surface area (Å²) in [5.74, 6) is -0.533. The SMILES string of the molecule is O=C1NSNC(=O)C1=Cc1cc(-c2ccc(O)c(Cl)c2)ccc1OCc1ccc(Cl)cc1. The molecule has 0 aliphatic carbocycles. The first-order chi connectivity index (χ1) is 15.4. The van der Waals surface area contributed by atoms with Crippen LogP contribution in [0.1, 0.15) is 11.1 Å². The molecule has 3 aromatic carbocycles. The van der Waals surface area contributed by atoms with Crippen molar-refractivity contribution in [2.45, 2.75) is 6.61 Å². The van der Waals surface area contributed by atoms with Gasteiger partial charge in [0.25, 0.3) is 11.8 Å². The predicted molar refractivity (Wildman–Crippen MR) is 126 cm³/mol. The highest BCUT2D eigenvalue weighted by atomic mass is 35.5. The minimum atomic E-state index is -0.500. The molecule has 4 rings (SSSR count). The highest BCUT2D eigenvalue weighted by molar-refractivity contribution is 7.96. The molecule has 1 fully saturated rings. The molecule has 6 nitrogen and oxygen atoms in total. The van der Waals surface area contributed by atoms with E-state index in [1.807, 2.05) is 18.2 Å². The van der Waals surface area contributed by atoms with Crippen LogP contribution in [-0.4, -0.2) is 16.9 Å². The lowest BCUT2D eigenvalue weighted by atomic mass is 10.0. The van der Waals surface area contributed by atoms with E-state index in [9.17, 15) is 14.7 Å². The number of nitrogens with one attached hydrogen (secondary N) is 2. The molecule has 32 heavy (non-hydrogen) atoms. The van der Waals surface area contributed by atoms with Gasteiger partial charge in [-0.25, -0.2) is 0 Å². The average molecular weight is 487 g/mol. The molecular weight excluding hydrogens is 471 g/mol. The smallest absolute Gasteiger partial charge is 0.268 e. The molecule has 0 unspecified atom stereocenters. The molecule has 0 atom stereocenters. The molecule has 0 radical (unpaired) electrons. The number of carbonyl (C=O) groups is 2. The summed E-state index contributed by atoms with van der Waals surface area (Å²) in [4.78, 5) is 24.4. The lowest BCUT2D eigenvalue weighted by molar-refractivity contribution is -0.122. The monoisotopic (exact) mass is 486 g/mol. The molecule has 0 aromatic heterocycles. The Morgan fingerprint density at radius 1 is 0.906 bits per heavy atom. The van der Waals surface area contributed by atoms with Gasteiger partial charge < -0.3 is 9.84 Å². The van der Waals surface area contributed by atoms with E-state index < -0.39 is 11.8 Å². The molecule has 1 aliphatic heterocycles. The summed E-state index contributed by atoms with van der Waals surface area (Å²) in [7, 11) is 0. The normalized spacial score (nSPS) is 13.4. The Morgan fingerprint density at radius 2 is 1.56 bits per heavy atom. The van der Waals surface area contributed by atoms with Crippen molar-refractivity contribution in [1.82, 2.24) is 9.44 Å². The first-order valence-electron chi connectivity index (χ1n) is 9.39. The van der Waals surface area contributed by atoms with Crippen LogP contribution in [0.2, 0.25) is 10.0 Å². The number of amides is 2. The molecule has 2 amide bonds. The van der Waals surface area contributed by atoms with Crippen molar-refractivity contribution in [3.05, 3.63) is 87.4 Å². The number of halogens is 2. The van der Waals surface area contributed by atoms with Crippen molar-refractivity contribution in [3.8, 4) is 22.6 Å². The van der Waals surface area contributed by atoms with E-state index >= 15 is 0 Å². The van der Waals surface area contributed by atoms with Crippen LogP contribution in [0.4, 0.5) is 0 Å². The third-order valence-corrected chi connectivity index (χ3v) is 5.80. The summed E-state index contributed by atoms with van der Waals surface area (Å²) in [6.45, 7) is 0.270. The first-order valence-corrected chi connectivity index (χ1v) is 11.0. The molecule has 9 heteroatoms. The summed E-state index contributed by atoms with van der Waals surface area (Å²) in [6.07, 6.45) is 1.48. The van der Waals surface area contributed by atoms with E-state index in [1.54, 1.807) is 36.4 Å². The van der Waals surface area contributed by atoms with Gasteiger partial charge in [0.15, 0.2) is 0 Å². The van der Waals surface area contributed by atoms with E-state index in [-0.39, 0.29) is 23.0 Å². The number of phenolic OH excluding ortho intramolecular Hbond substituents is 1. The Balaban J connectivity index is 1.72. The van der Waals surface area contributed by atoms with Crippen LogP contribution in [0.3, 0.4) is 0 Å². The molecule has 0 saturated carbocycles. The van der Waals surface area contributed by atoms with Gasteiger partial charge in [0.2, 0.25) is 0 Å². The largest absolute Gasteiger partial charge is 0.506 e. The Labute approximate surface area is 198 Å². The Kier molecular flexibility index (Phi) is 6.60. The van der Waals surface area contributed by atoms with Crippen molar-refractivity contribution in [2.24, 2.45) is 0 Å². The number of rotatable bonds is 5. The number of hydrogen-bond acceptors (Lipinski definition) is 5. The second-order valence-corrected chi connectivity index (χ2v) is 8.31. The fourth-order valence-corrected chi connectivity index (χ4v) is 3.78. The fraction of sp³-hybridized carbons (Fsp3) is 0.0435. The van der Waals surface area contributed by atoms with E-state index in [2.05, 4.69) is 9.44 Å². The Hall–Kier alpha value is -3.13. The number of carbonyl (C=O) groups excluding carboxylic acids is 2. The lowest BCUT2D eigenvalue weighted by Gasteiger charge is -2.16. The van der Waals surface area contributed by atoms with Gasteiger partial charge in [-0.1, -0.05) is 47.5 Å². The number of ether oxygens (including phenoxy) is 1. The molecule has 1 saturated heterocycles. The van der Waals surface area contributed by atoms with E-state index in [1.165, 1.54) is 12.1 Å². The van der Waals surface area contributed by atoms with Crippen LogP contribution in [-0.2, 0) is 16.2 Å². The molecule has 0 spiro atoms. The number of phenols is 1. The van der Waals surface area contributed by atoms with Gasteiger partial charge >= 0.3 is 0 Å². The summed E-state index contributed by atoms with van der Waals surface area (Å²) in [5.41, 5.74) is 2.93. The molecule has 3 aromatic rings. The molecule has 1 aliphatic rings. The summed E-state index contributed by atoms with van der Waals surface area (Å²) < 4.78 is 11.0. The number of aromatic hydroxyl groups is 1. The van der Waals surface area contributed by atoms with Crippen molar-refractivity contribution in [2.75, 3.05) is 0 Å². The third kappa shape index (κ3) is 5.02. The Morgan fingerprint density at radius 3 is 2.25 bits per heavy atom. The summed E-state index contributed by atoms with van der Waals surface area (Å²) >= 11 is 12.8. The molecular formula is C23H16Cl2N2O4S. The topological polar surface area (TPSA) is 87.7 Å². The van der Waals surface area contributed by atoms with Crippen molar-refractivity contribution in [3.63, 3.8) is 0 Å². The second kappa shape index (κ2) is 9.56. The van der Waals surface area contributed by atoms with Crippen LogP contribution in [0.15, 0.2) is 66.2 Å². The van der Waals surface area contributed by atoms with Crippen molar-refractivity contribution >= 4 is 53.2 Å². The maximum absolute atomic E-state index is 12.2. The molecule has 0 bridgehead atoms. The maximum Gasteiger partial charge on any atom is 0.268 e. The van der Waals surface area contributed by atoms with E-state index in [0.717, 1.165) is 28.8 Å². The van der Waals surface area contributed by atoms with Gasteiger partial charge in [-0.05, 0) is 59.2 Å². The van der Waals surface area contributed by atoms with Gasteiger partial charge in [0.05, 0.1) is 17.2 Å². The standard InChI is InChI=1S/C23H16Cl2N2O4S/c24-17-5-1-13(2-6-17)12-31-21-8-4-14(15-3-7-20(28)19(25)11-15)9-16(21)10-18-22(29)26-32-27-23(18)30/h1-11,28H,12H2,(H,26,29)(H,27,30). The fourth-order valence-electron chi connectivity index (χ4n) is 3.02. The molecule has 1 heterocycles. The van der Waals surface area contributed by atoms with Gasteiger partial charge in [-0.2, -0.15) is 0 Å². The Bertz CT molecular complexity index is 1210. The van der Waals surface area contributed by atoms with E-state index in [0.29, 0.717) is 16.3 Å². The number of hydrogen-bond donors (Lipinski definition) is 3. The van der Waals surface area contributed by atoms with Gasteiger partial charge in [-0.15, -0.1) is 0 Å². The third-order valence-electron chi connectivity index (χ3n) is 4.67. The zero-order valence-electron chi connectivity index (χ0n) is 16.4. The van der Waals surface area contributed by atoms with Crippen LogP contribution in [0.25, 0.3) is 17.2 Å². The minimum absolute atomic E-state index is 0.0197. The van der Waals surface area contributed by atoms with E-state index in [4.69, 9.17) is 27.9 Å². The summed E-state index contributed by atoms with van der Waals surface area (Å²) in [5, 5.41) is 10.5. The van der Waals surface area contributed by atoms with Crippen molar-refractivity contribution in [1.29, 1.82) is 0 Å². The zero-order valence-corrected chi connectivity index (χ0v) is 18.7. The van der Waals surface area contributed by atoms with Crippen LogP contribution in [0.5, 0.6) is 11.5 Å². The first kappa shape index (κ1) is 22.1. The van der Waals surface area contributed by atoms with Gasteiger partial charge in [-0.3, -0.25) is 19.0 Å². The minimum Gasteiger partial charge on any atom is -0.506 e. The second-order valence-electron chi connectivity index (χ2n) is 6.86. The quantitative estimate of drug-likeness (QED) is 0.264. The highest BCUT2D eigenvalue weighted by Crippen LogP contribution is 2.33. The molecule has 162 valence electrons. The highest BCUT2D eigenvalue weighted by Gasteiger charge is 2.24. The van der Waals surface area contributed by atoms with Crippen molar-refractivity contribution < 1.29 is 19.4 Å². The number of benzene rings is 3. The average Bonchev–Trinajstić information content (AvgIpc) is 2.78. The van der Waals surface area contributed by atoms with Crippen LogP contribution < -0.4 is 14.2 Å². The molecule has 3 N–H and O–H groups in total. The zero-order chi connectivity index (χ0) is 22.7. The van der Waals surface area contributed by atoms with Crippen LogP contribution >= 0.6 is 35.3 Å².